The first-order valence-electron chi connectivity index (χ1n) is 7.48. The molecule has 6 heteroatoms. The van der Waals surface area contributed by atoms with Gasteiger partial charge in [0.25, 0.3) is 0 Å². The zero-order chi connectivity index (χ0) is 18.7. The molecule has 0 spiro atoms. The molecule has 26 heavy (non-hydrogen) atoms. The fraction of sp³-hybridized carbons (Fsp3) is 0. The van der Waals surface area contributed by atoms with Crippen LogP contribution in [0.15, 0.2) is 73.0 Å². The van der Waals surface area contributed by atoms with Crippen LogP contribution in [-0.4, -0.2) is 0 Å². The van der Waals surface area contributed by atoms with E-state index in [9.17, 15) is 22.0 Å². The van der Waals surface area contributed by atoms with Crippen molar-refractivity contribution in [2.45, 2.75) is 0 Å². The van der Waals surface area contributed by atoms with Gasteiger partial charge in [-0.1, -0.05) is 42.5 Å². The number of hydrogen-bond donors (Lipinski definition) is 0. The Morgan fingerprint density at radius 2 is 1.31 bits per heavy atom. The maximum Gasteiger partial charge on any atom is 0.305 e. The summed E-state index contributed by atoms with van der Waals surface area (Å²) < 4.78 is 70.6. The molecule has 0 atom stereocenters. The lowest BCUT2D eigenvalue weighted by molar-refractivity contribution is 0.344. The molecule has 0 radical (unpaired) electrons. The van der Waals surface area contributed by atoms with Gasteiger partial charge in [-0.15, -0.1) is 0 Å². The van der Waals surface area contributed by atoms with E-state index in [1.807, 2.05) is 6.07 Å². The van der Waals surface area contributed by atoms with Crippen molar-refractivity contribution in [1.82, 2.24) is 0 Å². The molecule has 0 saturated carbocycles. The van der Waals surface area contributed by atoms with Crippen LogP contribution < -0.4 is 4.74 Å². The lowest BCUT2D eigenvalue weighted by Crippen LogP contribution is -1.95. The minimum absolute atomic E-state index is 0.0266. The monoisotopic (exact) mass is 362 g/mol. The van der Waals surface area contributed by atoms with Crippen LogP contribution >= 0.6 is 0 Å². The highest BCUT2D eigenvalue weighted by Crippen LogP contribution is 2.32. The first kappa shape index (κ1) is 17.7. The van der Waals surface area contributed by atoms with E-state index in [1.165, 1.54) is 12.1 Å². The van der Waals surface area contributed by atoms with Crippen molar-refractivity contribution in [2.75, 3.05) is 0 Å². The second-order valence-electron chi connectivity index (χ2n) is 5.36. The normalized spacial score (nSPS) is 10.5. The number of rotatable bonds is 4. The number of benzene rings is 3. The van der Waals surface area contributed by atoms with Crippen molar-refractivity contribution in [1.29, 1.82) is 0 Å². The van der Waals surface area contributed by atoms with Crippen LogP contribution in [0.2, 0.25) is 0 Å². The number of ether oxygens (including phenoxy) is 1. The quantitative estimate of drug-likeness (QED) is 0.377. The van der Waals surface area contributed by atoms with Crippen molar-refractivity contribution in [3.8, 4) is 28.0 Å². The number of hydrogen-bond acceptors (Lipinski definition) is 1. The molecule has 132 valence electrons. The third kappa shape index (κ3) is 3.74. The molecule has 0 bridgehead atoms. The zero-order valence-corrected chi connectivity index (χ0v) is 13.1. The highest BCUT2D eigenvalue weighted by molar-refractivity contribution is 5.71. The molecule has 0 aromatic heterocycles. The minimum atomic E-state index is -2.24. The molecule has 0 unspecified atom stereocenters. The predicted molar refractivity (Wildman–Crippen MR) is 88.1 cm³/mol. The summed E-state index contributed by atoms with van der Waals surface area (Å²) in [5.74, 6) is -4.09. The van der Waals surface area contributed by atoms with Crippen LogP contribution in [0.1, 0.15) is 0 Å². The van der Waals surface area contributed by atoms with Crippen molar-refractivity contribution in [2.24, 2.45) is 0 Å². The van der Waals surface area contributed by atoms with E-state index in [4.69, 9.17) is 0 Å². The van der Waals surface area contributed by atoms with Crippen molar-refractivity contribution >= 4 is 0 Å². The smallest absolute Gasteiger partial charge is 0.305 e. The molecule has 0 fully saturated rings. The third-order valence-corrected chi connectivity index (χ3v) is 3.65. The molecule has 3 rings (SSSR count). The summed E-state index contributed by atoms with van der Waals surface area (Å²) >= 11 is 0. The second-order valence-corrected chi connectivity index (χ2v) is 5.36. The van der Waals surface area contributed by atoms with Gasteiger partial charge in [-0.25, -0.2) is 13.2 Å². The van der Waals surface area contributed by atoms with Crippen LogP contribution in [0.3, 0.4) is 0 Å². The van der Waals surface area contributed by atoms with Gasteiger partial charge in [0.1, 0.15) is 5.82 Å². The Hall–Kier alpha value is -3.15. The molecule has 0 aliphatic carbocycles. The van der Waals surface area contributed by atoms with E-state index < -0.39 is 29.3 Å². The van der Waals surface area contributed by atoms with Gasteiger partial charge in [-0.2, -0.15) is 8.78 Å². The molecule has 0 amide bonds. The lowest BCUT2D eigenvalue weighted by Gasteiger charge is -2.10. The Bertz CT molecular complexity index is 940. The average molecular weight is 362 g/mol. The van der Waals surface area contributed by atoms with E-state index in [-0.39, 0.29) is 17.4 Å². The summed E-state index contributed by atoms with van der Waals surface area (Å²) in [4.78, 5) is 0. The van der Waals surface area contributed by atoms with Gasteiger partial charge >= 0.3 is 6.08 Å². The molecule has 1 nitrogen and oxygen atoms in total. The largest absolute Gasteiger partial charge is 0.453 e. The van der Waals surface area contributed by atoms with Crippen LogP contribution in [0.4, 0.5) is 22.0 Å². The molecule has 0 aliphatic rings. The van der Waals surface area contributed by atoms with Crippen molar-refractivity contribution in [3.05, 3.63) is 90.5 Å². The van der Waals surface area contributed by atoms with Gasteiger partial charge in [0.05, 0.1) is 0 Å². The standard InChI is InChI=1S/C20H11F5O/c21-16-8-13(12-4-2-1-3-5-12)6-7-15(16)14-9-17(22)20(18(23)10-14)26-11-19(24)25/h1-11H. The molecule has 0 heterocycles. The fourth-order valence-corrected chi connectivity index (χ4v) is 2.49. The topological polar surface area (TPSA) is 9.23 Å². The highest BCUT2D eigenvalue weighted by atomic mass is 19.3. The molecular weight excluding hydrogens is 351 g/mol. The molecule has 0 saturated heterocycles. The summed E-state index contributed by atoms with van der Waals surface area (Å²) in [6.07, 6.45) is -2.31. The Balaban J connectivity index is 1.98. The van der Waals surface area contributed by atoms with Crippen LogP contribution in [0.5, 0.6) is 5.75 Å². The maximum absolute atomic E-state index is 14.5. The van der Waals surface area contributed by atoms with Crippen LogP contribution in [0, 0.1) is 17.5 Å². The highest BCUT2D eigenvalue weighted by Gasteiger charge is 2.16. The summed E-state index contributed by atoms with van der Waals surface area (Å²) in [5, 5.41) is 0. The van der Waals surface area contributed by atoms with E-state index in [0.29, 0.717) is 5.56 Å². The molecular formula is C20H11F5O. The summed E-state index contributed by atoms with van der Waals surface area (Å²) in [6.45, 7) is 0. The summed E-state index contributed by atoms with van der Waals surface area (Å²) in [5.41, 5.74) is 1.30. The predicted octanol–water partition coefficient (Wildman–Crippen LogP) is 6.55. The Morgan fingerprint density at radius 1 is 0.692 bits per heavy atom. The first-order chi connectivity index (χ1) is 12.5. The summed E-state index contributed by atoms with van der Waals surface area (Å²) in [6, 6.07) is 15.0. The van der Waals surface area contributed by atoms with Gasteiger partial charge in [0, 0.05) is 5.56 Å². The zero-order valence-electron chi connectivity index (χ0n) is 13.1. The summed E-state index contributed by atoms with van der Waals surface area (Å²) in [7, 11) is 0. The third-order valence-electron chi connectivity index (χ3n) is 3.65. The van der Waals surface area contributed by atoms with E-state index in [1.54, 1.807) is 30.3 Å². The van der Waals surface area contributed by atoms with Crippen molar-refractivity contribution < 1.29 is 26.7 Å². The van der Waals surface area contributed by atoms with Crippen LogP contribution in [0.25, 0.3) is 22.3 Å². The Labute approximate surface area is 146 Å². The Kier molecular flexibility index (Phi) is 5.02. The van der Waals surface area contributed by atoms with E-state index >= 15 is 0 Å². The van der Waals surface area contributed by atoms with Gasteiger partial charge in [-0.3, -0.25) is 0 Å². The van der Waals surface area contributed by atoms with Gasteiger partial charge < -0.3 is 4.74 Å². The lowest BCUT2D eigenvalue weighted by atomic mass is 9.99. The average Bonchev–Trinajstić information content (AvgIpc) is 2.61. The SMILES string of the molecule is FC(F)=COc1c(F)cc(-c2ccc(-c3ccccc3)cc2F)cc1F. The van der Waals surface area contributed by atoms with Gasteiger partial charge in [-0.05, 0) is 34.9 Å². The van der Waals surface area contributed by atoms with Crippen molar-refractivity contribution in [3.63, 3.8) is 0 Å². The molecule has 3 aromatic carbocycles. The second kappa shape index (κ2) is 7.39. The number of halogens is 5. The van der Waals surface area contributed by atoms with E-state index in [0.717, 1.165) is 17.7 Å². The fourth-order valence-electron chi connectivity index (χ4n) is 2.49. The Morgan fingerprint density at radius 3 is 1.88 bits per heavy atom. The van der Waals surface area contributed by atoms with Gasteiger partial charge in [0.15, 0.2) is 23.6 Å². The molecule has 0 aliphatic heterocycles. The molecule has 3 aromatic rings. The van der Waals surface area contributed by atoms with Gasteiger partial charge in [0.2, 0.25) is 0 Å². The maximum atomic E-state index is 14.5. The van der Waals surface area contributed by atoms with E-state index in [2.05, 4.69) is 4.74 Å². The molecule has 0 N–H and O–H groups in total. The minimum Gasteiger partial charge on any atom is -0.453 e. The first-order valence-corrected chi connectivity index (χ1v) is 7.48. The van der Waals surface area contributed by atoms with Crippen LogP contribution in [-0.2, 0) is 0 Å².